The van der Waals surface area contributed by atoms with Crippen molar-refractivity contribution in [2.75, 3.05) is 0 Å². The van der Waals surface area contributed by atoms with Crippen LogP contribution in [0, 0.1) is 10.1 Å². The van der Waals surface area contributed by atoms with Crippen LogP contribution >= 0.6 is 31.9 Å². The maximum atomic E-state index is 11.7. The molecule has 17 heavy (non-hydrogen) atoms. The van der Waals surface area contributed by atoms with Gasteiger partial charge in [0.2, 0.25) is 4.60 Å². The lowest BCUT2D eigenvalue weighted by Gasteiger charge is -2.18. The number of halogens is 2. The van der Waals surface area contributed by atoms with E-state index >= 15 is 0 Å². The minimum absolute atomic E-state index is 0.0414. The van der Waals surface area contributed by atoms with Crippen molar-refractivity contribution in [1.82, 2.24) is 9.78 Å². The van der Waals surface area contributed by atoms with Crippen molar-refractivity contribution in [2.24, 2.45) is 0 Å². The predicted molar refractivity (Wildman–Crippen MR) is 65.9 cm³/mol. The van der Waals surface area contributed by atoms with Gasteiger partial charge in [-0.15, -0.1) is 9.78 Å². The summed E-state index contributed by atoms with van der Waals surface area (Å²) in [6.07, 6.45) is -0.793. The maximum absolute atomic E-state index is 11.7. The van der Waals surface area contributed by atoms with E-state index in [1.165, 1.54) is 0 Å². The highest BCUT2D eigenvalue weighted by Crippen LogP contribution is 2.32. The van der Waals surface area contributed by atoms with Gasteiger partial charge in [-0.2, -0.15) is 0 Å². The highest BCUT2D eigenvalue weighted by Gasteiger charge is 2.29. The summed E-state index contributed by atoms with van der Waals surface area (Å²) >= 11 is 5.84. The molecule has 0 unspecified atom stereocenters. The number of ether oxygens (including phenoxy) is 1. The molecule has 0 fully saturated rings. The fourth-order valence-electron chi connectivity index (χ4n) is 0.941. The normalized spacial score (nSPS) is 11.4. The molecule has 1 rings (SSSR count). The monoisotopic (exact) mass is 369 g/mol. The predicted octanol–water partition coefficient (Wildman–Crippen LogP) is 3.10. The number of hydrogen-bond donors (Lipinski definition) is 0. The van der Waals surface area contributed by atoms with Gasteiger partial charge in [-0.05, 0) is 52.6 Å². The molecule has 0 aliphatic carbocycles. The Morgan fingerprint density at radius 1 is 1.47 bits per heavy atom. The molecule has 0 aromatic carbocycles. The lowest BCUT2D eigenvalue weighted by atomic mass is 10.2. The number of carbonyl (C=O) groups excluding carboxylic acids is 1. The highest BCUT2D eigenvalue weighted by molar-refractivity contribution is 9.11. The molecule has 0 spiro atoms. The largest absolute Gasteiger partial charge is 0.442 e. The molecule has 0 aliphatic heterocycles. The summed E-state index contributed by atoms with van der Waals surface area (Å²) in [6, 6.07) is 0. The molecule has 94 valence electrons. The van der Waals surface area contributed by atoms with Crippen molar-refractivity contribution >= 4 is 43.6 Å². The molecule has 0 aliphatic rings. The first-order valence-electron chi connectivity index (χ1n) is 4.45. The van der Waals surface area contributed by atoms with Crippen LogP contribution in [0.15, 0.2) is 9.21 Å². The first-order valence-corrected chi connectivity index (χ1v) is 6.04. The second kappa shape index (κ2) is 4.73. The second-order valence-corrected chi connectivity index (χ2v) is 5.58. The highest BCUT2D eigenvalue weighted by atomic mass is 79.9. The number of nitrogens with zero attached hydrogens (tertiary/aromatic N) is 3. The number of hydrogen-bond acceptors (Lipinski definition) is 5. The molecule has 0 N–H and O–H groups in total. The number of nitro groups is 1. The lowest BCUT2D eigenvalue weighted by molar-refractivity contribution is -0.386. The van der Waals surface area contributed by atoms with Crippen molar-refractivity contribution in [3.63, 3.8) is 0 Å². The van der Waals surface area contributed by atoms with E-state index < -0.39 is 16.6 Å². The van der Waals surface area contributed by atoms with Crippen LogP contribution in [0.1, 0.15) is 20.8 Å². The minimum atomic E-state index is -0.793. The Morgan fingerprint density at radius 2 is 2.00 bits per heavy atom. The average Bonchev–Trinajstić information content (AvgIpc) is 2.38. The zero-order valence-corrected chi connectivity index (χ0v) is 12.4. The topological polar surface area (TPSA) is 87.3 Å². The smallest absolute Gasteiger partial charge is 0.436 e. The maximum Gasteiger partial charge on any atom is 0.436 e. The molecule has 0 saturated carbocycles. The Labute approximate surface area is 114 Å². The lowest BCUT2D eigenvalue weighted by Crippen LogP contribution is -2.27. The van der Waals surface area contributed by atoms with Gasteiger partial charge in [0, 0.05) is 0 Å². The SMILES string of the molecule is CC(C)(C)OC(=O)n1nc(Br)c([N+](=O)[O-])c1Br. The van der Waals surface area contributed by atoms with Crippen molar-refractivity contribution in [1.29, 1.82) is 0 Å². The van der Waals surface area contributed by atoms with E-state index in [9.17, 15) is 14.9 Å². The minimum Gasteiger partial charge on any atom is -0.442 e. The first-order chi connectivity index (χ1) is 7.63. The quantitative estimate of drug-likeness (QED) is 0.559. The van der Waals surface area contributed by atoms with Gasteiger partial charge >= 0.3 is 11.8 Å². The fraction of sp³-hybridized carbons (Fsp3) is 0.500. The number of rotatable bonds is 1. The number of carbonyl (C=O) groups is 1. The zero-order valence-electron chi connectivity index (χ0n) is 9.23. The van der Waals surface area contributed by atoms with Gasteiger partial charge in [0.15, 0.2) is 4.60 Å². The van der Waals surface area contributed by atoms with Crippen LogP contribution in [-0.2, 0) is 4.74 Å². The van der Waals surface area contributed by atoms with Gasteiger partial charge in [0.05, 0.1) is 4.92 Å². The van der Waals surface area contributed by atoms with Crippen LogP contribution in [-0.4, -0.2) is 26.4 Å². The van der Waals surface area contributed by atoms with E-state index in [1.807, 2.05) is 0 Å². The Morgan fingerprint density at radius 3 is 2.35 bits per heavy atom. The molecule has 7 nitrogen and oxygen atoms in total. The van der Waals surface area contributed by atoms with E-state index in [2.05, 4.69) is 37.0 Å². The third kappa shape index (κ3) is 3.25. The summed E-state index contributed by atoms with van der Waals surface area (Å²) in [5, 5.41) is 14.4. The van der Waals surface area contributed by atoms with E-state index in [4.69, 9.17) is 4.74 Å². The summed E-state index contributed by atoms with van der Waals surface area (Å²) < 4.78 is 5.72. The zero-order chi connectivity index (χ0) is 13.4. The van der Waals surface area contributed by atoms with E-state index in [1.54, 1.807) is 20.8 Å². The van der Waals surface area contributed by atoms with Crippen molar-refractivity contribution < 1.29 is 14.5 Å². The molecule has 0 bridgehead atoms. The summed E-state index contributed by atoms with van der Waals surface area (Å²) in [7, 11) is 0. The van der Waals surface area contributed by atoms with Gasteiger partial charge in [-0.25, -0.2) is 4.79 Å². The molecule has 0 amide bonds. The third-order valence-corrected chi connectivity index (χ3v) is 2.76. The third-order valence-electron chi connectivity index (χ3n) is 1.51. The molecule has 0 saturated heterocycles. The van der Waals surface area contributed by atoms with E-state index in [0.717, 1.165) is 4.68 Å². The number of aromatic nitrogens is 2. The average molecular weight is 371 g/mol. The summed E-state index contributed by atoms with van der Waals surface area (Å²) in [5.41, 5.74) is -1.03. The van der Waals surface area contributed by atoms with Gasteiger partial charge in [-0.1, -0.05) is 0 Å². The molecular weight excluding hydrogens is 362 g/mol. The standard InChI is InChI=1S/C8H9Br2N3O4/c1-8(2,3)17-7(14)12-6(10)4(13(15)16)5(9)11-12/h1-3H3. The van der Waals surface area contributed by atoms with Crippen LogP contribution in [0.3, 0.4) is 0 Å². The summed E-state index contributed by atoms with van der Waals surface area (Å²) in [5.74, 6) is 0. The second-order valence-electron chi connectivity index (χ2n) is 4.08. The van der Waals surface area contributed by atoms with E-state index in [0.29, 0.717) is 0 Å². The Bertz CT molecular complexity index is 478. The van der Waals surface area contributed by atoms with Gasteiger partial charge < -0.3 is 4.74 Å². The molecule has 1 heterocycles. The Balaban J connectivity index is 3.13. The fourth-order valence-corrected chi connectivity index (χ4v) is 2.26. The van der Waals surface area contributed by atoms with Gasteiger partial charge in [0.25, 0.3) is 0 Å². The van der Waals surface area contributed by atoms with Crippen LogP contribution < -0.4 is 0 Å². The first kappa shape index (κ1) is 14.1. The Kier molecular flexibility index (Phi) is 3.92. The van der Waals surface area contributed by atoms with Gasteiger partial charge in [-0.3, -0.25) is 10.1 Å². The molecule has 9 heteroatoms. The van der Waals surface area contributed by atoms with Crippen molar-refractivity contribution in [3.8, 4) is 0 Å². The summed E-state index contributed by atoms with van der Waals surface area (Å²) in [4.78, 5) is 21.7. The van der Waals surface area contributed by atoms with Crippen molar-refractivity contribution in [3.05, 3.63) is 19.3 Å². The molecule has 1 aromatic rings. The van der Waals surface area contributed by atoms with Gasteiger partial charge in [0.1, 0.15) is 5.60 Å². The summed E-state index contributed by atoms with van der Waals surface area (Å²) in [6.45, 7) is 5.06. The van der Waals surface area contributed by atoms with Crippen LogP contribution in [0.4, 0.5) is 10.5 Å². The molecule has 1 aromatic heterocycles. The molecule has 0 radical (unpaired) electrons. The van der Waals surface area contributed by atoms with Crippen LogP contribution in [0.5, 0.6) is 0 Å². The molecule has 0 atom stereocenters. The Hall–Kier alpha value is -0.960. The van der Waals surface area contributed by atoms with Crippen LogP contribution in [0.2, 0.25) is 0 Å². The van der Waals surface area contributed by atoms with E-state index in [-0.39, 0.29) is 14.9 Å². The van der Waals surface area contributed by atoms with Crippen molar-refractivity contribution in [2.45, 2.75) is 26.4 Å². The molecular formula is C8H9Br2N3O4. The van der Waals surface area contributed by atoms with Crippen LogP contribution in [0.25, 0.3) is 0 Å².